The Balaban J connectivity index is 2.25. The molecule has 2 rings (SSSR count). The van der Waals surface area contributed by atoms with Crippen molar-refractivity contribution in [1.82, 2.24) is 10.2 Å². The monoisotopic (exact) mass is 384 g/mol. The molecule has 0 saturated carbocycles. The summed E-state index contributed by atoms with van der Waals surface area (Å²) in [5, 5.41) is 2.86. The molecule has 0 radical (unpaired) electrons. The summed E-state index contributed by atoms with van der Waals surface area (Å²) in [6.07, 6.45) is 0.211. The van der Waals surface area contributed by atoms with E-state index in [4.69, 9.17) is 0 Å². The molecular weight excluding hydrogens is 355 g/mol. The Morgan fingerprint density at radius 3 is 2.07 bits per heavy atom. The van der Waals surface area contributed by atoms with E-state index in [1.54, 1.807) is 24.0 Å². The fraction of sp³-hybridized carbons (Fsp3) is 0.391. The molecule has 0 aliphatic rings. The number of aryl methyl sites for hydroxylation is 2. The van der Waals surface area contributed by atoms with Crippen LogP contribution in [-0.4, -0.2) is 28.8 Å². The van der Waals surface area contributed by atoms with Crippen LogP contribution in [0.1, 0.15) is 43.0 Å². The quantitative estimate of drug-likeness (QED) is 0.786. The van der Waals surface area contributed by atoms with Gasteiger partial charge in [-0.3, -0.25) is 9.59 Å². The summed E-state index contributed by atoms with van der Waals surface area (Å²) in [5.41, 5.74) is 3.89. The lowest BCUT2D eigenvalue weighted by Crippen LogP contribution is -2.49. The molecule has 0 unspecified atom stereocenters. The van der Waals surface area contributed by atoms with Gasteiger partial charge in [0.25, 0.3) is 0 Å². The number of benzene rings is 2. The SMILES string of the molecule is Cc1cc(C)cc(CC(=O)N(Cc2ccc(F)cc2)[C@H](C)C(=O)NC(C)C)c1. The minimum atomic E-state index is -0.633. The largest absolute Gasteiger partial charge is 0.352 e. The van der Waals surface area contributed by atoms with Gasteiger partial charge in [-0.15, -0.1) is 0 Å². The Labute approximate surface area is 166 Å². The zero-order valence-corrected chi connectivity index (χ0v) is 17.3. The summed E-state index contributed by atoms with van der Waals surface area (Å²) >= 11 is 0. The molecule has 2 amide bonds. The molecule has 0 aliphatic heterocycles. The van der Waals surface area contributed by atoms with Crippen LogP contribution in [0.25, 0.3) is 0 Å². The number of amides is 2. The zero-order chi connectivity index (χ0) is 20.8. The number of hydrogen-bond donors (Lipinski definition) is 1. The van der Waals surface area contributed by atoms with Crippen LogP contribution in [0.3, 0.4) is 0 Å². The van der Waals surface area contributed by atoms with E-state index >= 15 is 0 Å². The fourth-order valence-corrected chi connectivity index (χ4v) is 3.22. The van der Waals surface area contributed by atoms with Crippen molar-refractivity contribution >= 4 is 11.8 Å². The maximum atomic E-state index is 13.2. The van der Waals surface area contributed by atoms with Gasteiger partial charge in [0.15, 0.2) is 0 Å². The van der Waals surface area contributed by atoms with E-state index in [9.17, 15) is 14.0 Å². The van der Waals surface area contributed by atoms with Crippen molar-refractivity contribution < 1.29 is 14.0 Å². The molecule has 0 saturated heterocycles. The minimum absolute atomic E-state index is 0.0165. The lowest BCUT2D eigenvalue weighted by Gasteiger charge is -2.29. The molecule has 4 nitrogen and oxygen atoms in total. The van der Waals surface area contributed by atoms with Crippen LogP contribution in [0.15, 0.2) is 42.5 Å². The van der Waals surface area contributed by atoms with E-state index in [0.29, 0.717) is 0 Å². The molecule has 0 aromatic heterocycles. The highest BCUT2D eigenvalue weighted by Crippen LogP contribution is 2.15. The van der Waals surface area contributed by atoms with Gasteiger partial charge in [0.05, 0.1) is 6.42 Å². The molecule has 1 N–H and O–H groups in total. The topological polar surface area (TPSA) is 49.4 Å². The molecule has 28 heavy (non-hydrogen) atoms. The molecule has 0 spiro atoms. The molecule has 150 valence electrons. The van der Waals surface area contributed by atoms with Gasteiger partial charge >= 0.3 is 0 Å². The number of carbonyl (C=O) groups is 2. The van der Waals surface area contributed by atoms with Crippen molar-refractivity contribution in [3.8, 4) is 0 Å². The van der Waals surface area contributed by atoms with Gasteiger partial charge in [0.1, 0.15) is 11.9 Å². The summed E-state index contributed by atoms with van der Waals surface area (Å²) in [6, 6.07) is 11.4. The first kappa shape index (κ1) is 21.6. The van der Waals surface area contributed by atoms with Crippen LogP contribution in [0.5, 0.6) is 0 Å². The minimum Gasteiger partial charge on any atom is -0.352 e. The molecule has 5 heteroatoms. The zero-order valence-electron chi connectivity index (χ0n) is 17.3. The van der Waals surface area contributed by atoms with Crippen molar-refractivity contribution in [2.75, 3.05) is 0 Å². The third kappa shape index (κ3) is 6.19. The summed E-state index contributed by atoms with van der Waals surface area (Å²) in [6.45, 7) is 9.72. The van der Waals surface area contributed by atoms with E-state index in [1.807, 2.05) is 39.8 Å². The molecular formula is C23H29FN2O2. The Bertz CT molecular complexity index is 811. The molecule has 2 aromatic carbocycles. The first-order valence-electron chi connectivity index (χ1n) is 9.57. The molecule has 1 atom stereocenters. The number of carbonyl (C=O) groups excluding carboxylic acids is 2. The average Bonchev–Trinajstić information content (AvgIpc) is 2.59. The number of nitrogens with zero attached hydrogens (tertiary/aromatic N) is 1. The van der Waals surface area contributed by atoms with E-state index in [2.05, 4.69) is 11.4 Å². The van der Waals surface area contributed by atoms with Gasteiger partial charge in [0.2, 0.25) is 11.8 Å². The maximum absolute atomic E-state index is 13.2. The van der Waals surface area contributed by atoms with E-state index in [0.717, 1.165) is 22.3 Å². The molecule has 0 heterocycles. The second kappa shape index (κ2) is 9.49. The Kier molecular flexibility index (Phi) is 7.32. The Morgan fingerprint density at radius 2 is 1.54 bits per heavy atom. The lowest BCUT2D eigenvalue weighted by molar-refractivity contribution is -0.140. The highest BCUT2D eigenvalue weighted by atomic mass is 19.1. The van der Waals surface area contributed by atoms with Crippen LogP contribution < -0.4 is 5.32 Å². The van der Waals surface area contributed by atoms with Gasteiger partial charge in [-0.2, -0.15) is 0 Å². The van der Waals surface area contributed by atoms with Crippen molar-refractivity contribution in [2.24, 2.45) is 0 Å². The summed E-state index contributed by atoms with van der Waals surface area (Å²) < 4.78 is 13.2. The second-order valence-corrected chi connectivity index (χ2v) is 7.66. The van der Waals surface area contributed by atoms with Crippen LogP contribution in [-0.2, 0) is 22.6 Å². The first-order chi connectivity index (χ1) is 13.2. The van der Waals surface area contributed by atoms with Crippen molar-refractivity contribution in [3.05, 3.63) is 70.5 Å². The number of rotatable bonds is 7. The highest BCUT2D eigenvalue weighted by molar-refractivity contribution is 5.88. The molecule has 0 fully saturated rings. The summed E-state index contributed by atoms with van der Waals surface area (Å²) in [5.74, 6) is -0.672. The predicted molar refractivity (Wildman–Crippen MR) is 109 cm³/mol. The number of halogens is 1. The van der Waals surface area contributed by atoms with Gasteiger partial charge in [-0.1, -0.05) is 41.5 Å². The van der Waals surface area contributed by atoms with Crippen LogP contribution >= 0.6 is 0 Å². The molecule has 2 aromatic rings. The lowest BCUT2D eigenvalue weighted by atomic mass is 10.0. The third-order valence-corrected chi connectivity index (χ3v) is 4.50. The smallest absolute Gasteiger partial charge is 0.242 e. The normalized spacial score (nSPS) is 12.0. The second-order valence-electron chi connectivity index (χ2n) is 7.66. The fourth-order valence-electron chi connectivity index (χ4n) is 3.22. The van der Waals surface area contributed by atoms with Gasteiger partial charge in [-0.25, -0.2) is 4.39 Å². The average molecular weight is 384 g/mol. The van der Waals surface area contributed by atoms with Crippen molar-refractivity contribution in [1.29, 1.82) is 0 Å². The number of nitrogens with one attached hydrogen (secondary N) is 1. The standard InChI is InChI=1S/C23H29FN2O2/c1-15(2)25-23(28)18(5)26(14-19-6-8-21(24)9-7-19)22(27)13-20-11-16(3)10-17(4)12-20/h6-12,15,18H,13-14H2,1-5H3,(H,25,28)/t18-/m1/s1. The summed E-state index contributed by atoms with van der Waals surface area (Å²) in [4.78, 5) is 27.2. The predicted octanol–water partition coefficient (Wildman–Crippen LogP) is 3.93. The van der Waals surface area contributed by atoms with Crippen molar-refractivity contribution in [2.45, 2.75) is 59.7 Å². The van der Waals surface area contributed by atoms with Gasteiger partial charge in [0, 0.05) is 12.6 Å². The van der Waals surface area contributed by atoms with Crippen LogP contribution in [0.2, 0.25) is 0 Å². The molecule has 0 bridgehead atoms. The highest BCUT2D eigenvalue weighted by Gasteiger charge is 2.26. The van der Waals surface area contributed by atoms with Crippen LogP contribution in [0.4, 0.5) is 4.39 Å². The van der Waals surface area contributed by atoms with E-state index in [-0.39, 0.29) is 36.6 Å². The van der Waals surface area contributed by atoms with Crippen molar-refractivity contribution in [3.63, 3.8) is 0 Å². The van der Waals surface area contributed by atoms with E-state index in [1.165, 1.54) is 12.1 Å². The number of hydrogen-bond acceptors (Lipinski definition) is 2. The molecule has 0 aliphatic carbocycles. The Morgan fingerprint density at radius 1 is 0.964 bits per heavy atom. The van der Waals surface area contributed by atoms with Crippen LogP contribution in [0, 0.1) is 19.7 Å². The van der Waals surface area contributed by atoms with Gasteiger partial charge < -0.3 is 10.2 Å². The summed E-state index contributed by atoms with van der Waals surface area (Å²) in [7, 11) is 0. The maximum Gasteiger partial charge on any atom is 0.242 e. The first-order valence-corrected chi connectivity index (χ1v) is 9.57. The van der Waals surface area contributed by atoms with Gasteiger partial charge in [-0.05, 0) is 57.9 Å². The Hall–Kier alpha value is -2.69. The third-order valence-electron chi connectivity index (χ3n) is 4.50. The van der Waals surface area contributed by atoms with E-state index < -0.39 is 6.04 Å².